The molecule has 1 aliphatic carbocycles. The van der Waals surface area contributed by atoms with Crippen LogP contribution in [0.2, 0.25) is 0 Å². The van der Waals surface area contributed by atoms with Crippen LogP contribution in [0.3, 0.4) is 0 Å². The SMILES string of the molecule is CC1CCC(C(=O)Nc2ccc(-c3cc(-c4cc(F)ccc4O)[nH]n3)cc2)C1. The molecule has 1 saturated carbocycles. The molecule has 6 heteroatoms. The van der Waals surface area contributed by atoms with Crippen molar-refractivity contribution in [3.05, 3.63) is 54.3 Å². The average Bonchev–Trinajstić information content (AvgIpc) is 3.34. The van der Waals surface area contributed by atoms with Crippen molar-refractivity contribution in [1.82, 2.24) is 10.2 Å². The highest BCUT2D eigenvalue weighted by Gasteiger charge is 2.27. The van der Waals surface area contributed by atoms with Gasteiger partial charge >= 0.3 is 0 Å². The molecule has 0 aliphatic heterocycles. The lowest BCUT2D eigenvalue weighted by Gasteiger charge is -2.11. The van der Waals surface area contributed by atoms with Crippen LogP contribution < -0.4 is 5.32 Å². The maximum absolute atomic E-state index is 13.5. The van der Waals surface area contributed by atoms with Crippen molar-refractivity contribution in [3.8, 4) is 28.3 Å². The van der Waals surface area contributed by atoms with Gasteiger partial charge in [-0.25, -0.2) is 4.39 Å². The van der Waals surface area contributed by atoms with E-state index < -0.39 is 5.82 Å². The molecular formula is C22H22FN3O2. The van der Waals surface area contributed by atoms with E-state index in [1.165, 1.54) is 18.2 Å². The fraction of sp³-hybridized carbons (Fsp3) is 0.273. The highest BCUT2D eigenvalue weighted by Crippen LogP contribution is 2.32. The maximum atomic E-state index is 13.5. The molecule has 0 saturated heterocycles. The molecule has 1 heterocycles. The summed E-state index contributed by atoms with van der Waals surface area (Å²) in [4.78, 5) is 12.4. The van der Waals surface area contributed by atoms with Crippen molar-refractivity contribution in [3.63, 3.8) is 0 Å². The number of carbonyl (C=O) groups excluding carboxylic acids is 1. The van der Waals surface area contributed by atoms with Gasteiger partial charge in [0, 0.05) is 22.7 Å². The Morgan fingerprint density at radius 2 is 1.96 bits per heavy atom. The molecule has 0 radical (unpaired) electrons. The fourth-order valence-corrected chi connectivity index (χ4v) is 3.75. The van der Waals surface area contributed by atoms with Crippen LogP contribution in [0.15, 0.2) is 48.5 Å². The predicted octanol–water partition coefficient (Wildman–Crippen LogP) is 4.96. The predicted molar refractivity (Wildman–Crippen MR) is 106 cm³/mol. The van der Waals surface area contributed by atoms with E-state index in [1.54, 1.807) is 6.07 Å². The third kappa shape index (κ3) is 3.76. The number of halogens is 1. The summed E-state index contributed by atoms with van der Waals surface area (Å²) >= 11 is 0. The largest absolute Gasteiger partial charge is 0.507 e. The molecule has 1 aromatic heterocycles. The van der Waals surface area contributed by atoms with E-state index in [0.29, 0.717) is 22.9 Å². The van der Waals surface area contributed by atoms with Gasteiger partial charge in [0.1, 0.15) is 11.6 Å². The molecule has 1 fully saturated rings. The number of nitrogens with one attached hydrogen (secondary N) is 2. The van der Waals surface area contributed by atoms with E-state index >= 15 is 0 Å². The lowest BCUT2D eigenvalue weighted by Crippen LogP contribution is -2.20. The van der Waals surface area contributed by atoms with Crippen molar-refractivity contribution < 1.29 is 14.3 Å². The summed E-state index contributed by atoms with van der Waals surface area (Å²) in [6, 6.07) is 13.0. The molecule has 3 N–H and O–H groups in total. The zero-order valence-corrected chi connectivity index (χ0v) is 15.6. The smallest absolute Gasteiger partial charge is 0.227 e. The second kappa shape index (κ2) is 7.46. The lowest BCUT2D eigenvalue weighted by molar-refractivity contribution is -0.119. The molecule has 3 aromatic rings. The van der Waals surface area contributed by atoms with E-state index in [0.717, 1.165) is 30.5 Å². The van der Waals surface area contributed by atoms with Gasteiger partial charge in [0.05, 0.1) is 11.4 Å². The fourth-order valence-electron chi connectivity index (χ4n) is 3.75. The molecule has 0 spiro atoms. The number of anilines is 1. The molecule has 4 rings (SSSR count). The number of aromatic nitrogens is 2. The number of phenolic OH excluding ortho intramolecular Hbond substituents is 1. The van der Waals surface area contributed by atoms with Gasteiger partial charge < -0.3 is 10.4 Å². The third-order valence-corrected chi connectivity index (χ3v) is 5.34. The topological polar surface area (TPSA) is 78.0 Å². The highest BCUT2D eigenvalue weighted by atomic mass is 19.1. The van der Waals surface area contributed by atoms with Crippen molar-refractivity contribution in [2.24, 2.45) is 11.8 Å². The number of carbonyl (C=O) groups is 1. The monoisotopic (exact) mass is 379 g/mol. The summed E-state index contributed by atoms with van der Waals surface area (Å²) in [5.41, 5.74) is 3.16. The van der Waals surface area contributed by atoms with Gasteiger partial charge in [-0.1, -0.05) is 19.1 Å². The summed E-state index contributed by atoms with van der Waals surface area (Å²) in [6.07, 6.45) is 3.01. The van der Waals surface area contributed by atoms with E-state index in [9.17, 15) is 14.3 Å². The van der Waals surface area contributed by atoms with Crippen LogP contribution in [0.4, 0.5) is 10.1 Å². The number of nitrogens with zero attached hydrogens (tertiary/aromatic N) is 1. The number of hydrogen-bond acceptors (Lipinski definition) is 3. The zero-order chi connectivity index (χ0) is 19.7. The number of aromatic amines is 1. The van der Waals surface area contributed by atoms with Gasteiger partial charge in [-0.3, -0.25) is 9.89 Å². The number of phenols is 1. The molecule has 2 unspecified atom stereocenters. The molecule has 0 bridgehead atoms. The number of hydrogen-bond donors (Lipinski definition) is 3. The summed E-state index contributed by atoms with van der Waals surface area (Å²) in [5.74, 6) is 0.351. The maximum Gasteiger partial charge on any atom is 0.227 e. The molecule has 1 amide bonds. The van der Waals surface area contributed by atoms with Crippen LogP contribution in [0.5, 0.6) is 5.75 Å². The summed E-state index contributed by atoms with van der Waals surface area (Å²) in [7, 11) is 0. The number of H-pyrrole nitrogens is 1. The average molecular weight is 379 g/mol. The zero-order valence-electron chi connectivity index (χ0n) is 15.6. The van der Waals surface area contributed by atoms with Crippen LogP contribution >= 0.6 is 0 Å². The second-order valence-corrected chi connectivity index (χ2v) is 7.51. The Kier molecular flexibility index (Phi) is 4.86. The molecule has 1 aliphatic rings. The second-order valence-electron chi connectivity index (χ2n) is 7.51. The van der Waals surface area contributed by atoms with Gasteiger partial charge in [-0.15, -0.1) is 0 Å². The Morgan fingerprint density at radius 1 is 1.18 bits per heavy atom. The quantitative estimate of drug-likeness (QED) is 0.599. The Balaban J connectivity index is 1.48. The van der Waals surface area contributed by atoms with Crippen LogP contribution in [-0.2, 0) is 4.79 Å². The Bertz CT molecular complexity index is 997. The first-order chi connectivity index (χ1) is 13.5. The summed E-state index contributed by atoms with van der Waals surface area (Å²) < 4.78 is 13.5. The molecular weight excluding hydrogens is 357 g/mol. The van der Waals surface area contributed by atoms with E-state index in [1.807, 2.05) is 24.3 Å². The number of benzene rings is 2. The van der Waals surface area contributed by atoms with Gasteiger partial charge in [0.15, 0.2) is 0 Å². The summed E-state index contributed by atoms with van der Waals surface area (Å²) in [5, 5.41) is 20.0. The molecule has 144 valence electrons. The minimum atomic E-state index is -0.430. The van der Waals surface area contributed by atoms with Gasteiger partial charge in [0.2, 0.25) is 5.91 Å². The minimum Gasteiger partial charge on any atom is -0.507 e. The lowest BCUT2D eigenvalue weighted by atomic mass is 10.0. The molecule has 2 atom stereocenters. The van der Waals surface area contributed by atoms with Gasteiger partial charge in [-0.05, 0) is 61.6 Å². The Morgan fingerprint density at radius 3 is 2.68 bits per heavy atom. The van der Waals surface area contributed by atoms with Gasteiger partial charge in [-0.2, -0.15) is 5.10 Å². The minimum absolute atomic E-state index is 0.0177. The van der Waals surface area contributed by atoms with E-state index in [-0.39, 0.29) is 17.6 Å². The first kappa shape index (κ1) is 18.2. The molecule has 2 aromatic carbocycles. The van der Waals surface area contributed by atoms with Crippen LogP contribution in [-0.4, -0.2) is 21.2 Å². The normalized spacial score (nSPS) is 18.9. The number of rotatable bonds is 4. The van der Waals surface area contributed by atoms with Crippen molar-refractivity contribution in [1.29, 1.82) is 0 Å². The van der Waals surface area contributed by atoms with Crippen LogP contribution in [0.1, 0.15) is 26.2 Å². The van der Waals surface area contributed by atoms with Crippen LogP contribution in [0.25, 0.3) is 22.5 Å². The van der Waals surface area contributed by atoms with Crippen LogP contribution in [0, 0.1) is 17.7 Å². The number of amides is 1. The first-order valence-electron chi connectivity index (χ1n) is 9.45. The Hall–Kier alpha value is -3.15. The van der Waals surface area contributed by atoms with E-state index in [2.05, 4.69) is 22.4 Å². The first-order valence-corrected chi connectivity index (χ1v) is 9.45. The number of aromatic hydroxyl groups is 1. The van der Waals surface area contributed by atoms with Crippen molar-refractivity contribution in [2.45, 2.75) is 26.2 Å². The van der Waals surface area contributed by atoms with Crippen molar-refractivity contribution >= 4 is 11.6 Å². The summed E-state index contributed by atoms with van der Waals surface area (Å²) in [6.45, 7) is 2.18. The standard InChI is InChI=1S/C22H22FN3O2/c1-13-2-3-15(10-13)22(28)24-17-7-4-14(5-8-17)19-12-20(26-25-19)18-11-16(23)6-9-21(18)27/h4-9,11-13,15,27H,2-3,10H2,1H3,(H,24,28)(H,25,26). The van der Waals surface area contributed by atoms with E-state index in [4.69, 9.17) is 0 Å². The molecule has 28 heavy (non-hydrogen) atoms. The van der Waals surface area contributed by atoms with Gasteiger partial charge in [0.25, 0.3) is 0 Å². The Labute approximate surface area is 162 Å². The molecule has 5 nitrogen and oxygen atoms in total. The highest BCUT2D eigenvalue weighted by molar-refractivity contribution is 5.93. The third-order valence-electron chi connectivity index (χ3n) is 5.34. The van der Waals surface area contributed by atoms with Crippen molar-refractivity contribution in [2.75, 3.05) is 5.32 Å².